The van der Waals surface area contributed by atoms with Gasteiger partial charge in [-0.3, -0.25) is 0 Å². The first-order valence-electron chi connectivity index (χ1n) is 8.98. The molecule has 0 aromatic heterocycles. The van der Waals surface area contributed by atoms with Crippen molar-refractivity contribution in [1.82, 2.24) is 5.32 Å². The summed E-state index contributed by atoms with van der Waals surface area (Å²) < 4.78 is 0. The predicted octanol–water partition coefficient (Wildman–Crippen LogP) is 5.18. The maximum absolute atomic E-state index is 3.70. The highest BCUT2D eigenvalue weighted by Gasteiger charge is 2.16. The van der Waals surface area contributed by atoms with Crippen molar-refractivity contribution in [1.29, 1.82) is 0 Å². The minimum absolute atomic E-state index is 0.652. The van der Waals surface area contributed by atoms with Crippen molar-refractivity contribution in [2.45, 2.75) is 78.2 Å². The molecule has 1 N–H and O–H groups in total. The molecule has 1 nitrogen and oxygen atoms in total. The van der Waals surface area contributed by atoms with E-state index in [9.17, 15) is 0 Å². The predicted molar refractivity (Wildman–Crippen MR) is 92.9 cm³/mol. The van der Waals surface area contributed by atoms with Crippen LogP contribution in [0.2, 0.25) is 0 Å². The Morgan fingerprint density at radius 2 is 1.86 bits per heavy atom. The van der Waals surface area contributed by atoms with Crippen LogP contribution in [-0.4, -0.2) is 12.6 Å². The van der Waals surface area contributed by atoms with Gasteiger partial charge >= 0.3 is 0 Å². The SMILES string of the molecule is CCNC(CCC1CCCCC1)Cc1ccc(C)c(C)c1. The van der Waals surface area contributed by atoms with Crippen LogP contribution in [-0.2, 0) is 6.42 Å². The summed E-state index contributed by atoms with van der Waals surface area (Å²) in [6, 6.07) is 7.61. The number of aryl methyl sites for hydroxylation is 2. The standard InChI is InChI=1S/C20H33N/c1-4-21-20(13-12-18-8-6-5-7-9-18)15-19-11-10-16(2)17(3)14-19/h10-11,14,18,20-21H,4-9,12-13,15H2,1-3H3. The number of hydrogen-bond donors (Lipinski definition) is 1. The quantitative estimate of drug-likeness (QED) is 0.728. The summed E-state index contributed by atoms with van der Waals surface area (Å²) in [5, 5.41) is 3.70. The third-order valence-corrected chi connectivity index (χ3v) is 5.19. The van der Waals surface area contributed by atoms with Crippen molar-refractivity contribution in [2.75, 3.05) is 6.54 Å². The van der Waals surface area contributed by atoms with Gasteiger partial charge in [0.05, 0.1) is 0 Å². The molecule has 1 aromatic carbocycles. The zero-order chi connectivity index (χ0) is 15.1. The lowest BCUT2D eigenvalue weighted by Gasteiger charge is -2.25. The maximum Gasteiger partial charge on any atom is 0.0107 e. The Labute approximate surface area is 131 Å². The summed E-state index contributed by atoms with van der Waals surface area (Å²) in [6.45, 7) is 7.74. The van der Waals surface area contributed by atoms with Gasteiger partial charge < -0.3 is 5.32 Å². The average Bonchev–Trinajstić information content (AvgIpc) is 2.50. The molecule has 0 amide bonds. The maximum atomic E-state index is 3.70. The molecule has 1 heteroatoms. The van der Waals surface area contributed by atoms with Crippen LogP contribution in [0.5, 0.6) is 0 Å². The summed E-state index contributed by atoms with van der Waals surface area (Å²) in [4.78, 5) is 0. The van der Waals surface area contributed by atoms with Crippen LogP contribution in [0.25, 0.3) is 0 Å². The van der Waals surface area contributed by atoms with Crippen LogP contribution in [0.1, 0.15) is 68.6 Å². The Bertz CT molecular complexity index is 418. The van der Waals surface area contributed by atoms with E-state index in [1.807, 2.05) is 0 Å². The lowest BCUT2D eigenvalue weighted by molar-refractivity contribution is 0.313. The Balaban J connectivity index is 1.86. The molecule has 0 spiro atoms. The first-order valence-corrected chi connectivity index (χ1v) is 8.98. The second-order valence-corrected chi connectivity index (χ2v) is 6.96. The highest BCUT2D eigenvalue weighted by Crippen LogP contribution is 2.28. The van der Waals surface area contributed by atoms with Crippen molar-refractivity contribution in [3.05, 3.63) is 34.9 Å². The molecular weight excluding hydrogens is 254 g/mol. The van der Waals surface area contributed by atoms with Gasteiger partial charge in [0, 0.05) is 6.04 Å². The van der Waals surface area contributed by atoms with Crippen LogP contribution in [0.15, 0.2) is 18.2 Å². The van der Waals surface area contributed by atoms with E-state index in [1.165, 1.54) is 68.1 Å². The zero-order valence-corrected chi connectivity index (χ0v) is 14.3. The molecule has 1 aliphatic rings. The molecule has 0 heterocycles. The highest BCUT2D eigenvalue weighted by molar-refractivity contribution is 5.30. The van der Waals surface area contributed by atoms with Gasteiger partial charge in [0.25, 0.3) is 0 Å². The van der Waals surface area contributed by atoms with Crippen molar-refractivity contribution in [3.8, 4) is 0 Å². The van der Waals surface area contributed by atoms with Crippen LogP contribution in [0.3, 0.4) is 0 Å². The Morgan fingerprint density at radius 3 is 2.52 bits per heavy atom. The van der Waals surface area contributed by atoms with Crippen LogP contribution in [0, 0.1) is 19.8 Å². The summed E-state index contributed by atoms with van der Waals surface area (Å²) in [5.74, 6) is 1.000. The lowest BCUT2D eigenvalue weighted by Crippen LogP contribution is -2.31. The number of benzene rings is 1. The summed E-state index contributed by atoms with van der Waals surface area (Å²) in [5.41, 5.74) is 4.32. The van der Waals surface area contributed by atoms with Gasteiger partial charge in [0.15, 0.2) is 0 Å². The second-order valence-electron chi connectivity index (χ2n) is 6.96. The molecule has 0 aliphatic heterocycles. The third kappa shape index (κ3) is 5.47. The van der Waals surface area contributed by atoms with E-state index in [0.717, 1.165) is 12.5 Å². The first kappa shape index (κ1) is 16.5. The van der Waals surface area contributed by atoms with Crippen molar-refractivity contribution >= 4 is 0 Å². The molecule has 0 radical (unpaired) electrons. The number of nitrogens with one attached hydrogen (secondary N) is 1. The first-order chi connectivity index (χ1) is 10.2. The molecule has 1 aliphatic carbocycles. The second kappa shape index (κ2) is 8.58. The van der Waals surface area contributed by atoms with E-state index in [0.29, 0.717) is 6.04 Å². The molecule has 2 rings (SSSR count). The van der Waals surface area contributed by atoms with Crippen LogP contribution < -0.4 is 5.32 Å². The molecule has 0 bridgehead atoms. The van der Waals surface area contributed by atoms with Gasteiger partial charge in [-0.05, 0) is 62.3 Å². The van der Waals surface area contributed by atoms with E-state index in [2.05, 4.69) is 44.3 Å². The van der Waals surface area contributed by atoms with Gasteiger partial charge in [-0.1, -0.05) is 57.2 Å². The van der Waals surface area contributed by atoms with E-state index in [-0.39, 0.29) is 0 Å². The molecular formula is C20H33N. The molecule has 1 fully saturated rings. The van der Waals surface area contributed by atoms with Crippen molar-refractivity contribution in [3.63, 3.8) is 0 Å². The summed E-state index contributed by atoms with van der Waals surface area (Å²) in [7, 11) is 0. The summed E-state index contributed by atoms with van der Waals surface area (Å²) in [6.07, 6.45) is 11.3. The Morgan fingerprint density at radius 1 is 1.10 bits per heavy atom. The van der Waals surface area contributed by atoms with Gasteiger partial charge in [-0.15, -0.1) is 0 Å². The molecule has 1 unspecified atom stereocenters. The van der Waals surface area contributed by atoms with Crippen molar-refractivity contribution in [2.24, 2.45) is 5.92 Å². The molecule has 1 atom stereocenters. The van der Waals surface area contributed by atoms with E-state index >= 15 is 0 Å². The van der Waals surface area contributed by atoms with Crippen LogP contribution in [0.4, 0.5) is 0 Å². The van der Waals surface area contributed by atoms with Gasteiger partial charge in [-0.2, -0.15) is 0 Å². The molecule has 0 saturated heterocycles. The average molecular weight is 287 g/mol. The molecule has 21 heavy (non-hydrogen) atoms. The largest absolute Gasteiger partial charge is 0.314 e. The fraction of sp³-hybridized carbons (Fsp3) is 0.700. The van der Waals surface area contributed by atoms with Crippen LogP contribution >= 0.6 is 0 Å². The van der Waals surface area contributed by atoms with Gasteiger partial charge in [-0.25, -0.2) is 0 Å². The summed E-state index contributed by atoms with van der Waals surface area (Å²) >= 11 is 0. The van der Waals surface area contributed by atoms with E-state index in [1.54, 1.807) is 0 Å². The number of likely N-dealkylation sites (N-methyl/N-ethyl adjacent to an activating group) is 1. The molecule has 118 valence electrons. The number of hydrogen-bond acceptors (Lipinski definition) is 1. The van der Waals surface area contributed by atoms with Gasteiger partial charge in [0.1, 0.15) is 0 Å². The van der Waals surface area contributed by atoms with E-state index < -0.39 is 0 Å². The zero-order valence-electron chi connectivity index (χ0n) is 14.3. The highest BCUT2D eigenvalue weighted by atomic mass is 14.9. The lowest BCUT2D eigenvalue weighted by atomic mass is 9.84. The number of rotatable bonds is 7. The Hall–Kier alpha value is -0.820. The minimum Gasteiger partial charge on any atom is -0.314 e. The van der Waals surface area contributed by atoms with Crippen molar-refractivity contribution < 1.29 is 0 Å². The fourth-order valence-corrected chi connectivity index (χ4v) is 3.69. The fourth-order valence-electron chi connectivity index (χ4n) is 3.69. The van der Waals surface area contributed by atoms with E-state index in [4.69, 9.17) is 0 Å². The normalized spacial score (nSPS) is 17.9. The molecule has 1 aromatic rings. The third-order valence-electron chi connectivity index (χ3n) is 5.19. The molecule has 1 saturated carbocycles. The van der Waals surface area contributed by atoms with Gasteiger partial charge in [0.2, 0.25) is 0 Å². The smallest absolute Gasteiger partial charge is 0.0107 e. The monoisotopic (exact) mass is 287 g/mol. The minimum atomic E-state index is 0.652. The topological polar surface area (TPSA) is 12.0 Å². The Kier molecular flexibility index (Phi) is 6.76.